The zero-order chi connectivity index (χ0) is 8.53. The summed E-state index contributed by atoms with van der Waals surface area (Å²) in [7, 11) is 0.0197. The van der Waals surface area contributed by atoms with Gasteiger partial charge < -0.3 is 0 Å². The highest BCUT2D eigenvalue weighted by Gasteiger charge is 2.06. The van der Waals surface area contributed by atoms with Crippen molar-refractivity contribution in [2.24, 2.45) is 0 Å². The molecule has 0 nitrogen and oxygen atoms in total. The molecule has 1 heteroatoms. The van der Waals surface area contributed by atoms with E-state index in [-0.39, 0.29) is 8.80 Å². The van der Waals surface area contributed by atoms with Crippen LogP contribution in [0.4, 0.5) is 0 Å². The van der Waals surface area contributed by atoms with Crippen molar-refractivity contribution in [2.75, 3.05) is 0 Å². The van der Waals surface area contributed by atoms with Crippen LogP contribution in [-0.4, -0.2) is 8.80 Å². The molecular weight excluding hydrogens is 148 g/mol. The van der Waals surface area contributed by atoms with Gasteiger partial charge in [0.15, 0.2) is 0 Å². The summed E-state index contributed by atoms with van der Waals surface area (Å²) < 4.78 is 0. The third-order valence-electron chi connectivity index (χ3n) is 1.91. The van der Waals surface area contributed by atoms with Gasteiger partial charge in [0.2, 0.25) is 0 Å². The molecule has 0 amide bonds. The second-order valence-corrected chi connectivity index (χ2v) is 6.08. The molecule has 0 heterocycles. The molecule has 0 aromatic carbocycles. The van der Waals surface area contributed by atoms with E-state index in [1.807, 2.05) is 0 Å². The molecule has 0 rings (SSSR count). The smallest absolute Gasteiger partial charge is 0.0482 e. The van der Waals surface area contributed by atoms with Gasteiger partial charge in [-0.1, -0.05) is 50.9 Å². The van der Waals surface area contributed by atoms with Crippen molar-refractivity contribution in [3.8, 4) is 0 Å². The monoisotopic (exact) mass is 169 g/mol. The second-order valence-electron chi connectivity index (χ2n) is 3.08. The van der Waals surface area contributed by atoms with E-state index in [1.165, 1.54) is 37.4 Å². The van der Waals surface area contributed by atoms with Crippen LogP contribution in [-0.2, 0) is 0 Å². The van der Waals surface area contributed by atoms with E-state index in [2.05, 4.69) is 26.5 Å². The van der Waals surface area contributed by atoms with Gasteiger partial charge in [-0.3, -0.25) is 0 Å². The van der Waals surface area contributed by atoms with Crippen LogP contribution in [0.15, 0.2) is 12.7 Å². The van der Waals surface area contributed by atoms with Crippen LogP contribution in [0.1, 0.15) is 33.1 Å². The number of hydrogen-bond acceptors (Lipinski definition) is 0. The summed E-state index contributed by atoms with van der Waals surface area (Å²) in [6.07, 6.45) is 6.07. The Bertz CT molecular complexity index is 82.9. The van der Waals surface area contributed by atoms with Crippen LogP contribution in [0.5, 0.6) is 0 Å². The van der Waals surface area contributed by atoms with Gasteiger partial charge in [-0.2, -0.15) is 0 Å². The Morgan fingerprint density at radius 3 is 2.00 bits per heavy atom. The Hall–Kier alpha value is -0.0431. The third kappa shape index (κ3) is 6.36. The lowest BCUT2D eigenvalue weighted by atomic mass is 10.5. The normalized spacial score (nSPS) is 10.5. The van der Waals surface area contributed by atoms with Gasteiger partial charge in [-0.05, 0) is 6.42 Å². The van der Waals surface area contributed by atoms with E-state index in [0.29, 0.717) is 0 Å². The maximum atomic E-state index is 3.77. The van der Waals surface area contributed by atoms with Crippen LogP contribution in [0, 0.1) is 0 Å². The van der Waals surface area contributed by atoms with Crippen LogP contribution in [0.25, 0.3) is 0 Å². The van der Waals surface area contributed by atoms with Gasteiger partial charge in [0.25, 0.3) is 0 Å². The molecule has 0 aromatic rings. The zero-order valence-corrected chi connectivity index (χ0v) is 9.03. The first-order chi connectivity index (χ1) is 5.35. The summed E-state index contributed by atoms with van der Waals surface area (Å²) in [4.78, 5) is 0. The predicted octanol–water partition coefficient (Wildman–Crippen LogP) is 3.88. The first-order valence-corrected chi connectivity index (χ1v) is 6.91. The summed E-state index contributed by atoms with van der Waals surface area (Å²) in [5, 5.41) is 0. The molecular formula is C10H21Si. The van der Waals surface area contributed by atoms with Crippen molar-refractivity contribution in [2.45, 2.75) is 51.2 Å². The number of rotatable bonds is 7. The molecule has 65 valence electrons. The van der Waals surface area contributed by atoms with Gasteiger partial charge in [0.05, 0.1) is 0 Å². The summed E-state index contributed by atoms with van der Waals surface area (Å²) >= 11 is 0. The van der Waals surface area contributed by atoms with Crippen molar-refractivity contribution < 1.29 is 0 Å². The van der Waals surface area contributed by atoms with E-state index in [1.54, 1.807) is 0 Å². The molecule has 0 bridgehead atoms. The highest BCUT2D eigenvalue weighted by Crippen LogP contribution is 2.12. The minimum Gasteiger partial charge on any atom is -0.103 e. The predicted molar refractivity (Wildman–Crippen MR) is 55.6 cm³/mol. The number of allylic oxidation sites excluding steroid dienone is 1. The molecule has 0 aromatic heterocycles. The van der Waals surface area contributed by atoms with Crippen LogP contribution < -0.4 is 0 Å². The van der Waals surface area contributed by atoms with Gasteiger partial charge in [-0.15, -0.1) is 6.58 Å². The minimum absolute atomic E-state index is 0.0197. The lowest BCUT2D eigenvalue weighted by Crippen LogP contribution is -2.10. The van der Waals surface area contributed by atoms with Crippen molar-refractivity contribution >= 4 is 8.80 Å². The van der Waals surface area contributed by atoms with E-state index in [9.17, 15) is 0 Å². The average Bonchev–Trinajstić information content (AvgIpc) is 2.01. The Morgan fingerprint density at radius 2 is 1.64 bits per heavy atom. The molecule has 0 N–H and O–H groups in total. The van der Waals surface area contributed by atoms with Crippen molar-refractivity contribution in [3.63, 3.8) is 0 Å². The second kappa shape index (κ2) is 8.06. The molecule has 0 unspecified atom stereocenters. The van der Waals surface area contributed by atoms with Gasteiger partial charge in [0, 0.05) is 8.80 Å². The van der Waals surface area contributed by atoms with Crippen molar-refractivity contribution in [1.29, 1.82) is 0 Å². The standard InChI is InChI=1S/C10H21Si/c1-4-7-10-11(8-5-2)9-6-3/h4H,1,5-10H2,2-3H3. The molecule has 0 saturated carbocycles. The highest BCUT2D eigenvalue weighted by atomic mass is 28.3. The summed E-state index contributed by atoms with van der Waals surface area (Å²) in [5.74, 6) is 0. The van der Waals surface area contributed by atoms with Gasteiger partial charge in [-0.25, -0.2) is 0 Å². The Morgan fingerprint density at radius 1 is 1.09 bits per heavy atom. The molecule has 11 heavy (non-hydrogen) atoms. The summed E-state index contributed by atoms with van der Waals surface area (Å²) in [6, 6.07) is 4.47. The summed E-state index contributed by atoms with van der Waals surface area (Å²) in [6.45, 7) is 8.37. The molecule has 0 aliphatic rings. The molecule has 0 spiro atoms. The fourth-order valence-corrected chi connectivity index (χ4v) is 4.16. The summed E-state index contributed by atoms with van der Waals surface area (Å²) in [5.41, 5.74) is 0. The first-order valence-electron chi connectivity index (χ1n) is 4.79. The van der Waals surface area contributed by atoms with Gasteiger partial charge >= 0.3 is 0 Å². The average molecular weight is 169 g/mol. The Balaban J connectivity index is 3.41. The fourth-order valence-electron chi connectivity index (χ4n) is 1.39. The van der Waals surface area contributed by atoms with Crippen molar-refractivity contribution in [1.82, 2.24) is 0 Å². The van der Waals surface area contributed by atoms with E-state index in [0.717, 1.165) is 0 Å². The molecule has 0 atom stereocenters. The van der Waals surface area contributed by atoms with Crippen LogP contribution >= 0.6 is 0 Å². The Labute approximate surface area is 73.3 Å². The van der Waals surface area contributed by atoms with Crippen molar-refractivity contribution in [3.05, 3.63) is 12.7 Å². The highest BCUT2D eigenvalue weighted by molar-refractivity contribution is 6.58. The quantitative estimate of drug-likeness (QED) is 0.401. The third-order valence-corrected chi connectivity index (χ3v) is 5.32. The number of hydrogen-bond donors (Lipinski definition) is 0. The largest absolute Gasteiger partial charge is 0.103 e. The molecule has 0 saturated heterocycles. The zero-order valence-electron chi connectivity index (χ0n) is 8.03. The first kappa shape index (κ1) is 11.0. The molecule has 1 radical (unpaired) electrons. The SMILES string of the molecule is C=CCC[Si](CCC)CCC. The maximum Gasteiger partial charge on any atom is 0.0482 e. The van der Waals surface area contributed by atoms with Crippen LogP contribution in [0.3, 0.4) is 0 Å². The minimum atomic E-state index is 0.0197. The maximum absolute atomic E-state index is 3.77. The molecule has 0 aliphatic heterocycles. The van der Waals surface area contributed by atoms with E-state index >= 15 is 0 Å². The van der Waals surface area contributed by atoms with E-state index < -0.39 is 0 Å². The lowest BCUT2D eigenvalue weighted by Gasteiger charge is -2.10. The topological polar surface area (TPSA) is 0 Å². The lowest BCUT2D eigenvalue weighted by molar-refractivity contribution is 0.978. The Kier molecular flexibility index (Phi) is 8.03. The van der Waals surface area contributed by atoms with Crippen LogP contribution in [0.2, 0.25) is 18.1 Å². The fraction of sp³-hybridized carbons (Fsp3) is 0.800. The van der Waals surface area contributed by atoms with E-state index in [4.69, 9.17) is 0 Å². The molecule has 0 aliphatic carbocycles. The molecule has 0 fully saturated rings. The van der Waals surface area contributed by atoms with Gasteiger partial charge in [0.1, 0.15) is 0 Å².